The van der Waals surface area contributed by atoms with Crippen LogP contribution in [-0.4, -0.2) is 11.8 Å². The van der Waals surface area contributed by atoms with Gasteiger partial charge >= 0.3 is 0 Å². The highest BCUT2D eigenvalue weighted by Crippen LogP contribution is 2.40. The van der Waals surface area contributed by atoms with E-state index in [0.717, 1.165) is 42.4 Å². The first-order chi connectivity index (χ1) is 11.5. The highest BCUT2D eigenvalue weighted by molar-refractivity contribution is 6.07. The van der Waals surface area contributed by atoms with Crippen LogP contribution < -0.4 is 11.5 Å². The van der Waals surface area contributed by atoms with Gasteiger partial charge in [0, 0.05) is 0 Å². The second-order valence-corrected chi connectivity index (χ2v) is 6.40. The molecule has 2 rings (SSSR count). The van der Waals surface area contributed by atoms with Gasteiger partial charge < -0.3 is 11.5 Å². The van der Waals surface area contributed by atoms with E-state index in [4.69, 9.17) is 11.5 Å². The molecule has 1 aliphatic carbocycles. The van der Waals surface area contributed by atoms with E-state index in [9.17, 15) is 9.59 Å². The lowest BCUT2D eigenvalue weighted by Gasteiger charge is -2.30. The van der Waals surface area contributed by atoms with E-state index in [1.54, 1.807) is 6.08 Å². The molecule has 0 atom stereocenters. The number of primary amides is 2. The number of hydrogen-bond donors (Lipinski definition) is 2. The Kier molecular flexibility index (Phi) is 5.96. The van der Waals surface area contributed by atoms with Gasteiger partial charge in [0.2, 0.25) is 11.8 Å². The molecule has 0 bridgehead atoms. The highest BCUT2D eigenvalue weighted by Gasteiger charge is 2.43. The average molecular weight is 326 g/mol. The Bertz CT molecular complexity index is 645. The van der Waals surface area contributed by atoms with Crippen molar-refractivity contribution in [2.24, 2.45) is 16.9 Å². The topological polar surface area (TPSA) is 86.2 Å². The zero-order valence-electron chi connectivity index (χ0n) is 14.3. The number of unbranched alkanes of at least 4 members (excludes halogenated alkanes) is 3. The molecule has 128 valence electrons. The highest BCUT2D eigenvalue weighted by atomic mass is 16.2. The van der Waals surface area contributed by atoms with Crippen LogP contribution in [0.15, 0.2) is 48.1 Å². The Morgan fingerprint density at radius 3 is 2.29 bits per heavy atom. The lowest BCUT2D eigenvalue weighted by molar-refractivity contribution is -0.136. The Morgan fingerprint density at radius 1 is 1.04 bits per heavy atom. The van der Waals surface area contributed by atoms with E-state index in [0.29, 0.717) is 0 Å². The van der Waals surface area contributed by atoms with Gasteiger partial charge in [0.05, 0.1) is 0 Å². The maximum absolute atomic E-state index is 11.9. The smallest absolute Gasteiger partial charge is 0.237 e. The third-order valence-electron chi connectivity index (χ3n) is 4.70. The molecule has 1 aromatic rings. The van der Waals surface area contributed by atoms with Gasteiger partial charge in [-0.1, -0.05) is 74.2 Å². The van der Waals surface area contributed by atoms with Gasteiger partial charge in [-0.05, 0) is 30.4 Å². The van der Waals surface area contributed by atoms with Gasteiger partial charge in [0.15, 0.2) is 0 Å². The summed E-state index contributed by atoms with van der Waals surface area (Å²) >= 11 is 0. The normalized spacial score (nSPS) is 16.2. The Balaban J connectivity index is 2.35. The summed E-state index contributed by atoms with van der Waals surface area (Å²) in [5.74, 6) is -1.35. The molecule has 0 aromatic heterocycles. The molecule has 0 saturated carbocycles. The number of carbonyl (C=O) groups excluding carboxylic acids is 2. The van der Waals surface area contributed by atoms with Crippen LogP contribution in [0.5, 0.6) is 0 Å². The summed E-state index contributed by atoms with van der Waals surface area (Å²) in [7, 11) is 0. The number of carbonyl (C=O) groups is 2. The number of hydrogen-bond acceptors (Lipinski definition) is 2. The van der Waals surface area contributed by atoms with Crippen LogP contribution in [-0.2, 0) is 9.59 Å². The summed E-state index contributed by atoms with van der Waals surface area (Å²) in [4.78, 5) is 23.9. The molecule has 0 aliphatic heterocycles. The third-order valence-corrected chi connectivity index (χ3v) is 4.70. The lowest BCUT2D eigenvalue weighted by atomic mass is 9.73. The zero-order chi connectivity index (χ0) is 17.6. The van der Waals surface area contributed by atoms with Crippen LogP contribution in [0.3, 0.4) is 0 Å². The van der Waals surface area contributed by atoms with Crippen molar-refractivity contribution in [2.45, 2.75) is 45.4 Å². The van der Waals surface area contributed by atoms with Gasteiger partial charge in [-0.3, -0.25) is 9.59 Å². The van der Waals surface area contributed by atoms with Gasteiger partial charge in [-0.2, -0.15) is 0 Å². The van der Waals surface area contributed by atoms with Gasteiger partial charge in [-0.25, -0.2) is 0 Å². The van der Waals surface area contributed by atoms with Crippen molar-refractivity contribution >= 4 is 17.4 Å². The first-order valence-electron chi connectivity index (χ1n) is 8.57. The molecule has 0 radical (unpaired) electrons. The van der Waals surface area contributed by atoms with Crippen molar-refractivity contribution in [2.75, 3.05) is 0 Å². The minimum absolute atomic E-state index is 0.282. The second-order valence-electron chi connectivity index (χ2n) is 6.40. The SMILES string of the molecule is CCCCCCC1=C(c2ccccc2)C=CC(C(N)=O)(C(N)=O)C1. The summed E-state index contributed by atoms with van der Waals surface area (Å²) in [5.41, 5.74) is 12.9. The van der Waals surface area contributed by atoms with Gasteiger partial charge in [0.25, 0.3) is 0 Å². The van der Waals surface area contributed by atoms with E-state index in [2.05, 4.69) is 6.92 Å². The largest absolute Gasteiger partial charge is 0.368 e. The fourth-order valence-corrected chi connectivity index (χ4v) is 3.20. The summed E-state index contributed by atoms with van der Waals surface area (Å²) < 4.78 is 0. The van der Waals surface area contributed by atoms with E-state index in [1.165, 1.54) is 6.42 Å². The molecular weight excluding hydrogens is 300 g/mol. The van der Waals surface area contributed by atoms with Crippen LogP contribution >= 0.6 is 0 Å². The molecular formula is C20H26N2O2. The molecule has 24 heavy (non-hydrogen) atoms. The predicted molar refractivity (Wildman–Crippen MR) is 96.7 cm³/mol. The van der Waals surface area contributed by atoms with Crippen LogP contribution in [0, 0.1) is 5.41 Å². The number of rotatable bonds is 8. The quantitative estimate of drug-likeness (QED) is 0.567. The minimum Gasteiger partial charge on any atom is -0.368 e. The molecule has 2 amide bonds. The first-order valence-corrected chi connectivity index (χ1v) is 8.57. The van der Waals surface area contributed by atoms with Gasteiger partial charge in [0.1, 0.15) is 5.41 Å². The molecule has 0 saturated heterocycles. The number of amides is 2. The van der Waals surface area contributed by atoms with Crippen LogP contribution in [0.1, 0.15) is 51.0 Å². The average Bonchev–Trinajstić information content (AvgIpc) is 2.59. The number of benzene rings is 1. The van der Waals surface area contributed by atoms with E-state index < -0.39 is 17.2 Å². The molecule has 4 N–H and O–H groups in total. The predicted octanol–water partition coefficient (Wildman–Crippen LogP) is 3.33. The standard InChI is InChI=1S/C20H26N2O2/c1-2-3-4-6-11-16-14-20(18(21)23,19(22)24)13-12-17(16)15-9-7-5-8-10-15/h5,7-10,12-13H,2-4,6,11,14H2,1H3,(H2,21,23)(H2,22,24). The molecule has 0 spiro atoms. The van der Waals surface area contributed by atoms with Crippen molar-refractivity contribution in [3.8, 4) is 0 Å². The third kappa shape index (κ3) is 3.75. The maximum Gasteiger partial charge on any atom is 0.237 e. The molecule has 1 aromatic carbocycles. The second kappa shape index (κ2) is 7.95. The van der Waals surface area contributed by atoms with E-state index in [-0.39, 0.29) is 6.42 Å². The zero-order valence-corrected chi connectivity index (χ0v) is 14.3. The van der Waals surface area contributed by atoms with Crippen molar-refractivity contribution in [3.63, 3.8) is 0 Å². The minimum atomic E-state index is -1.40. The van der Waals surface area contributed by atoms with E-state index in [1.807, 2.05) is 36.4 Å². The van der Waals surface area contributed by atoms with Crippen molar-refractivity contribution in [3.05, 3.63) is 53.6 Å². The maximum atomic E-state index is 11.9. The van der Waals surface area contributed by atoms with Crippen molar-refractivity contribution in [1.82, 2.24) is 0 Å². The summed E-state index contributed by atoms with van der Waals surface area (Å²) in [6, 6.07) is 10.00. The van der Waals surface area contributed by atoms with Crippen LogP contribution in [0.2, 0.25) is 0 Å². The van der Waals surface area contributed by atoms with Crippen LogP contribution in [0.25, 0.3) is 5.57 Å². The number of allylic oxidation sites excluding steroid dienone is 3. The summed E-state index contributed by atoms with van der Waals surface area (Å²) in [6.07, 6.45) is 9.05. The summed E-state index contributed by atoms with van der Waals surface area (Å²) in [6.45, 7) is 2.17. The molecule has 1 aliphatic rings. The summed E-state index contributed by atoms with van der Waals surface area (Å²) in [5, 5.41) is 0. The lowest BCUT2D eigenvalue weighted by Crippen LogP contribution is -2.47. The van der Waals surface area contributed by atoms with E-state index >= 15 is 0 Å². The molecule has 4 heteroatoms. The van der Waals surface area contributed by atoms with Crippen LogP contribution in [0.4, 0.5) is 0 Å². The fraction of sp³-hybridized carbons (Fsp3) is 0.400. The van der Waals surface area contributed by atoms with Crippen molar-refractivity contribution < 1.29 is 9.59 Å². The number of nitrogens with two attached hydrogens (primary N) is 2. The molecule has 0 fully saturated rings. The van der Waals surface area contributed by atoms with Gasteiger partial charge in [-0.15, -0.1) is 0 Å². The Labute approximate surface area is 143 Å². The Hall–Kier alpha value is -2.36. The Morgan fingerprint density at radius 2 is 1.71 bits per heavy atom. The molecule has 0 heterocycles. The molecule has 4 nitrogen and oxygen atoms in total. The first kappa shape index (κ1) is 18.0. The van der Waals surface area contributed by atoms with Crippen molar-refractivity contribution in [1.29, 1.82) is 0 Å². The fourth-order valence-electron chi connectivity index (χ4n) is 3.20. The molecule has 0 unspecified atom stereocenters. The monoisotopic (exact) mass is 326 g/mol.